The number of aryl methyl sites for hydroxylation is 2. The minimum absolute atomic E-state index is 0.903. The van der Waals surface area contributed by atoms with Crippen molar-refractivity contribution < 1.29 is 0 Å². The number of hydrogen-bond acceptors (Lipinski definition) is 5. The summed E-state index contributed by atoms with van der Waals surface area (Å²) in [5.74, 6) is 0.951. The molecule has 6 heteroatoms. The third kappa shape index (κ3) is 3.81. The third-order valence-corrected chi connectivity index (χ3v) is 3.05. The van der Waals surface area contributed by atoms with Crippen molar-refractivity contribution in [2.75, 3.05) is 11.9 Å². The number of rotatable bonds is 7. The Balaban J connectivity index is 1.67. The zero-order valence-electron chi connectivity index (χ0n) is 9.96. The van der Waals surface area contributed by atoms with E-state index in [9.17, 15) is 0 Å². The molecule has 0 spiro atoms. The number of anilines is 1. The van der Waals surface area contributed by atoms with Gasteiger partial charge in [-0.25, -0.2) is 4.98 Å². The zero-order chi connectivity index (χ0) is 11.9. The van der Waals surface area contributed by atoms with Gasteiger partial charge in [-0.3, -0.25) is 4.68 Å². The van der Waals surface area contributed by atoms with Crippen molar-refractivity contribution in [3.8, 4) is 0 Å². The molecule has 0 bridgehead atoms. The van der Waals surface area contributed by atoms with E-state index in [-0.39, 0.29) is 0 Å². The Bertz CT molecular complexity index is 423. The van der Waals surface area contributed by atoms with Gasteiger partial charge in [0.2, 0.25) is 5.13 Å². The summed E-state index contributed by atoms with van der Waals surface area (Å²) >= 11 is 1.44. The fourth-order valence-corrected chi connectivity index (χ4v) is 2.16. The number of nitrogens with one attached hydrogen (secondary N) is 1. The van der Waals surface area contributed by atoms with E-state index >= 15 is 0 Å². The highest BCUT2D eigenvalue weighted by molar-refractivity contribution is 7.09. The molecular formula is C11H17N5S. The molecule has 92 valence electrons. The molecule has 0 fully saturated rings. The molecule has 2 heterocycles. The normalized spacial score (nSPS) is 10.6. The average molecular weight is 251 g/mol. The van der Waals surface area contributed by atoms with Crippen LogP contribution < -0.4 is 5.32 Å². The molecule has 2 rings (SSSR count). The Kier molecular flexibility index (Phi) is 4.49. The molecule has 0 atom stereocenters. The van der Waals surface area contributed by atoms with Gasteiger partial charge in [0.25, 0.3) is 0 Å². The highest BCUT2D eigenvalue weighted by atomic mass is 32.1. The largest absolute Gasteiger partial charge is 0.360 e. The predicted octanol–water partition coefficient (Wildman–Crippen LogP) is 2.19. The summed E-state index contributed by atoms with van der Waals surface area (Å²) in [5, 5.41) is 8.37. The quantitative estimate of drug-likeness (QED) is 0.766. The first-order chi connectivity index (χ1) is 8.38. The fourth-order valence-electron chi connectivity index (χ4n) is 1.52. The van der Waals surface area contributed by atoms with Crippen LogP contribution in [0.25, 0.3) is 0 Å². The fraction of sp³-hybridized carbons (Fsp3) is 0.545. The van der Waals surface area contributed by atoms with Crippen LogP contribution in [0.2, 0.25) is 0 Å². The smallest absolute Gasteiger partial charge is 0.202 e. The second-order valence-corrected chi connectivity index (χ2v) is 4.57. The molecule has 0 aliphatic carbocycles. The Morgan fingerprint density at radius 1 is 1.47 bits per heavy atom. The van der Waals surface area contributed by atoms with Crippen LogP contribution >= 0.6 is 11.5 Å². The van der Waals surface area contributed by atoms with Gasteiger partial charge >= 0.3 is 0 Å². The van der Waals surface area contributed by atoms with Crippen LogP contribution in [0.3, 0.4) is 0 Å². The van der Waals surface area contributed by atoms with Gasteiger partial charge in [-0.05, 0) is 18.9 Å². The van der Waals surface area contributed by atoms with E-state index in [1.54, 1.807) is 6.20 Å². The maximum Gasteiger partial charge on any atom is 0.202 e. The molecule has 1 N–H and O–H groups in total. The third-order valence-electron chi connectivity index (χ3n) is 2.34. The Hall–Kier alpha value is -1.43. The van der Waals surface area contributed by atoms with E-state index in [1.807, 2.05) is 16.9 Å². The van der Waals surface area contributed by atoms with Crippen LogP contribution in [0.15, 0.2) is 18.5 Å². The van der Waals surface area contributed by atoms with Crippen LogP contribution in [0.5, 0.6) is 0 Å². The second-order valence-electron chi connectivity index (χ2n) is 3.82. The van der Waals surface area contributed by atoms with Crippen molar-refractivity contribution in [3.63, 3.8) is 0 Å². The number of aromatic nitrogens is 4. The van der Waals surface area contributed by atoms with Gasteiger partial charge in [-0.1, -0.05) is 6.92 Å². The summed E-state index contributed by atoms with van der Waals surface area (Å²) in [4.78, 5) is 4.41. The molecule has 0 radical (unpaired) electrons. The van der Waals surface area contributed by atoms with Gasteiger partial charge in [0.05, 0.1) is 0 Å². The molecule has 17 heavy (non-hydrogen) atoms. The molecular weight excluding hydrogens is 234 g/mol. The summed E-state index contributed by atoms with van der Waals surface area (Å²) in [7, 11) is 0. The predicted molar refractivity (Wildman–Crippen MR) is 69.2 cm³/mol. The van der Waals surface area contributed by atoms with Gasteiger partial charge in [0, 0.05) is 43.4 Å². The molecule has 2 aromatic heterocycles. The average Bonchev–Trinajstić information content (AvgIpc) is 2.96. The topological polar surface area (TPSA) is 55.6 Å². The summed E-state index contributed by atoms with van der Waals surface area (Å²) in [5.41, 5.74) is 0. The van der Waals surface area contributed by atoms with Crippen molar-refractivity contribution in [2.45, 2.75) is 32.7 Å². The summed E-state index contributed by atoms with van der Waals surface area (Å²) in [6, 6.07) is 1.94. The Morgan fingerprint density at radius 3 is 3.18 bits per heavy atom. The zero-order valence-corrected chi connectivity index (χ0v) is 10.8. The highest BCUT2D eigenvalue weighted by Gasteiger charge is 2.01. The molecule has 0 amide bonds. The first-order valence-corrected chi connectivity index (χ1v) is 6.69. The molecule has 2 aromatic rings. The molecule has 0 saturated carbocycles. The van der Waals surface area contributed by atoms with Crippen LogP contribution in [0.1, 0.15) is 25.6 Å². The Morgan fingerprint density at radius 2 is 2.41 bits per heavy atom. The van der Waals surface area contributed by atoms with Crippen molar-refractivity contribution >= 4 is 16.7 Å². The van der Waals surface area contributed by atoms with Crippen LogP contribution in [0.4, 0.5) is 5.13 Å². The van der Waals surface area contributed by atoms with E-state index in [4.69, 9.17) is 0 Å². The first-order valence-electron chi connectivity index (χ1n) is 5.92. The van der Waals surface area contributed by atoms with Gasteiger partial charge in [0.1, 0.15) is 5.82 Å². The minimum Gasteiger partial charge on any atom is -0.360 e. The van der Waals surface area contributed by atoms with Crippen molar-refractivity contribution in [1.82, 2.24) is 19.1 Å². The first kappa shape index (κ1) is 12.0. The highest BCUT2D eigenvalue weighted by Crippen LogP contribution is 2.11. The standard InChI is InChI=1S/C11H17N5S/c1-2-5-10-14-11(17-15-10)12-6-3-8-16-9-4-7-13-16/h4,7,9H,2-3,5-6,8H2,1H3,(H,12,14,15). The SMILES string of the molecule is CCCc1nsc(NCCCn2cccn2)n1. The van der Waals surface area contributed by atoms with E-state index in [0.29, 0.717) is 0 Å². The molecule has 0 aliphatic heterocycles. The number of hydrogen-bond donors (Lipinski definition) is 1. The van der Waals surface area contributed by atoms with Crippen LogP contribution in [-0.4, -0.2) is 25.7 Å². The number of nitrogens with zero attached hydrogens (tertiary/aromatic N) is 4. The summed E-state index contributed by atoms with van der Waals surface area (Å²) in [6.45, 7) is 3.97. The monoisotopic (exact) mass is 251 g/mol. The second kappa shape index (κ2) is 6.34. The lowest BCUT2D eigenvalue weighted by molar-refractivity contribution is 0.591. The van der Waals surface area contributed by atoms with Gasteiger partial charge in [0.15, 0.2) is 0 Å². The maximum absolute atomic E-state index is 4.41. The summed E-state index contributed by atoms with van der Waals surface area (Å²) in [6.07, 6.45) is 6.87. The van der Waals surface area contributed by atoms with E-state index in [0.717, 1.165) is 43.3 Å². The molecule has 0 aliphatic rings. The van der Waals surface area contributed by atoms with Crippen molar-refractivity contribution in [2.24, 2.45) is 0 Å². The van der Waals surface area contributed by atoms with E-state index < -0.39 is 0 Å². The van der Waals surface area contributed by atoms with Gasteiger partial charge < -0.3 is 5.32 Å². The maximum atomic E-state index is 4.41. The van der Waals surface area contributed by atoms with Crippen molar-refractivity contribution in [3.05, 3.63) is 24.3 Å². The molecule has 0 aromatic carbocycles. The van der Waals surface area contributed by atoms with E-state index in [2.05, 4.69) is 26.7 Å². The Labute approximate surface area is 105 Å². The minimum atomic E-state index is 0.903. The molecule has 5 nitrogen and oxygen atoms in total. The van der Waals surface area contributed by atoms with E-state index in [1.165, 1.54) is 11.5 Å². The molecule has 0 unspecified atom stereocenters. The van der Waals surface area contributed by atoms with Crippen LogP contribution in [-0.2, 0) is 13.0 Å². The molecule has 0 saturated heterocycles. The van der Waals surface area contributed by atoms with Gasteiger partial charge in [-0.2, -0.15) is 9.47 Å². The van der Waals surface area contributed by atoms with Crippen LogP contribution in [0, 0.1) is 0 Å². The lowest BCUT2D eigenvalue weighted by Gasteiger charge is -2.02. The summed E-state index contributed by atoms with van der Waals surface area (Å²) < 4.78 is 6.22. The van der Waals surface area contributed by atoms with Crippen molar-refractivity contribution in [1.29, 1.82) is 0 Å². The lowest BCUT2D eigenvalue weighted by Crippen LogP contribution is -2.06. The van der Waals surface area contributed by atoms with Gasteiger partial charge in [-0.15, -0.1) is 0 Å². The lowest BCUT2D eigenvalue weighted by atomic mass is 10.3.